The van der Waals surface area contributed by atoms with Crippen LogP contribution in [0.1, 0.15) is 25.8 Å². The lowest BCUT2D eigenvalue weighted by Gasteiger charge is -2.17. The van der Waals surface area contributed by atoms with E-state index in [1.807, 2.05) is 18.2 Å². The number of benzene rings is 1. The Balaban J connectivity index is 2.85. The molecular formula is C15H24N2O3. The molecule has 1 unspecified atom stereocenters. The van der Waals surface area contributed by atoms with Crippen LogP contribution in [0.2, 0.25) is 0 Å². The monoisotopic (exact) mass is 280 g/mol. The Hall–Kier alpha value is -1.75. The third-order valence-electron chi connectivity index (χ3n) is 2.94. The highest BCUT2D eigenvalue weighted by Crippen LogP contribution is 2.25. The average Bonchev–Trinajstić information content (AvgIpc) is 2.47. The molecule has 1 amide bonds. The van der Waals surface area contributed by atoms with Crippen LogP contribution >= 0.6 is 0 Å². The third-order valence-corrected chi connectivity index (χ3v) is 2.94. The van der Waals surface area contributed by atoms with Gasteiger partial charge in [0, 0.05) is 25.2 Å². The highest BCUT2D eigenvalue weighted by atomic mass is 16.5. The van der Waals surface area contributed by atoms with Crippen LogP contribution in [0.15, 0.2) is 18.2 Å². The van der Waals surface area contributed by atoms with Crippen molar-refractivity contribution in [3.8, 4) is 11.5 Å². The fourth-order valence-electron chi connectivity index (χ4n) is 1.76. The van der Waals surface area contributed by atoms with Crippen molar-refractivity contribution < 1.29 is 14.3 Å². The molecular weight excluding hydrogens is 256 g/mol. The van der Waals surface area contributed by atoms with Crippen molar-refractivity contribution in [2.45, 2.75) is 32.9 Å². The molecule has 0 aromatic heterocycles. The summed E-state index contributed by atoms with van der Waals surface area (Å²) in [6.07, 6.45) is 0.526. The van der Waals surface area contributed by atoms with Crippen LogP contribution in [-0.2, 0) is 11.3 Å². The number of carbonyl (C=O) groups is 1. The quantitative estimate of drug-likeness (QED) is 0.712. The van der Waals surface area contributed by atoms with Crippen molar-refractivity contribution in [1.82, 2.24) is 10.6 Å². The number of methoxy groups -OCH3 is 1. The number of hydrogen-bond donors (Lipinski definition) is 2. The van der Waals surface area contributed by atoms with E-state index in [0.29, 0.717) is 18.0 Å². The van der Waals surface area contributed by atoms with Gasteiger partial charge < -0.3 is 20.1 Å². The summed E-state index contributed by atoms with van der Waals surface area (Å²) in [5, 5.41) is 5.90. The number of ether oxygens (including phenoxy) is 2. The molecule has 0 fully saturated rings. The van der Waals surface area contributed by atoms with Gasteiger partial charge in [0.15, 0.2) is 6.10 Å². The van der Waals surface area contributed by atoms with Gasteiger partial charge in [-0.3, -0.25) is 4.79 Å². The number of hydrogen-bond acceptors (Lipinski definition) is 4. The van der Waals surface area contributed by atoms with Crippen LogP contribution in [0.25, 0.3) is 0 Å². The second kappa shape index (κ2) is 8.43. The summed E-state index contributed by atoms with van der Waals surface area (Å²) >= 11 is 0. The van der Waals surface area contributed by atoms with E-state index >= 15 is 0 Å². The van der Waals surface area contributed by atoms with Gasteiger partial charge in [0.2, 0.25) is 0 Å². The zero-order chi connectivity index (χ0) is 15.0. The maximum Gasteiger partial charge on any atom is 0.260 e. The minimum absolute atomic E-state index is 0.153. The van der Waals surface area contributed by atoms with Crippen molar-refractivity contribution in [3.05, 3.63) is 23.8 Å². The minimum Gasteiger partial charge on any atom is -0.497 e. The second-order valence-corrected chi connectivity index (χ2v) is 4.52. The van der Waals surface area contributed by atoms with Crippen molar-refractivity contribution in [3.63, 3.8) is 0 Å². The molecule has 0 heterocycles. The van der Waals surface area contributed by atoms with Crippen LogP contribution in [0.3, 0.4) is 0 Å². The van der Waals surface area contributed by atoms with Gasteiger partial charge in [-0.15, -0.1) is 0 Å². The first-order valence-corrected chi connectivity index (χ1v) is 6.88. The predicted molar refractivity (Wildman–Crippen MR) is 79.1 cm³/mol. The summed E-state index contributed by atoms with van der Waals surface area (Å²) in [7, 11) is 3.20. The molecule has 0 saturated carbocycles. The Morgan fingerprint density at radius 2 is 2.15 bits per heavy atom. The number of likely N-dealkylation sites (N-methyl/N-ethyl adjacent to an activating group) is 1. The summed E-state index contributed by atoms with van der Waals surface area (Å²) in [6.45, 7) is 5.48. The first-order chi connectivity index (χ1) is 9.62. The molecule has 0 aliphatic rings. The van der Waals surface area contributed by atoms with Crippen molar-refractivity contribution in [2.24, 2.45) is 0 Å². The predicted octanol–water partition coefficient (Wildman–Crippen LogP) is 1.71. The molecule has 1 rings (SSSR count). The molecule has 20 heavy (non-hydrogen) atoms. The highest BCUT2D eigenvalue weighted by Gasteiger charge is 2.15. The lowest BCUT2D eigenvalue weighted by Crippen LogP contribution is -2.34. The van der Waals surface area contributed by atoms with Crippen LogP contribution < -0.4 is 20.1 Å². The normalized spacial score (nSPS) is 11.8. The lowest BCUT2D eigenvalue weighted by atomic mass is 10.2. The molecule has 112 valence electrons. The molecule has 1 atom stereocenters. The first kappa shape index (κ1) is 16.3. The number of amides is 1. The molecule has 1 aromatic carbocycles. The van der Waals surface area contributed by atoms with Crippen molar-refractivity contribution in [1.29, 1.82) is 0 Å². The minimum atomic E-state index is -0.544. The van der Waals surface area contributed by atoms with E-state index in [1.54, 1.807) is 21.1 Å². The summed E-state index contributed by atoms with van der Waals surface area (Å²) in [5.74, 6) is 1.23. The third kappa shape index (κ3) is 4.74. The van der Waals surface area contributed by atoms with E-state index in [9.17, 15) is 4.79 Å². The molecule has 0 saturated heterocycles. The van der Waals surface area contributed by atoms with E-state index in [1.165, 1.54) is 0 Å². The van der Waals surface area contributed by atoms with Crippen LogP contribution in [0.4, 0.5) is 0 Å². The molecule has 5 nitrogen and oxygen atoms in total. The maximum atomic E-state index is 11.6. The zero-order valence-corrected chi connectivity index (χ0v) is 12.7. The largest absolute Gasteiger partial charge is 0.497 e. The molecule has 0 spiro atoms. The first-order valence-electron chi connectivity index (χ1n) is 6.88. The van der Waals surface area contributed by atoms with Crippen LogP contribution in [0, 0.1) is 0 Å². The number of nitrogens with one attached hydrogen (secondary N) is 2. The van der Waals surface area contributed by atoms with E-state index < -0.39 is 6.10 Å². The van der Waals surface area contributed by atoms with Gasteiger partial charge in [-0.25, -0.2) is 0 Å². The van der Waals surface area contributed by atoms with Gasteiger partial charge in [0.1, 0.15) is 11.5 Å². The molecule has 0 bridgehead atoms. The van der Waals surface area contributed by atoms with Crippen LogP contribution in [-0.4, -0.2) is 32.7 Å². The number of carbonyl (C=O) groups excluding carboxylic acids is 1. The topological polar surface area (TPSA) is 59.6 Å². The van der Waals surface area contributed by atoms with Crippen molar-refractivity contribution in [2.75, 3.05) is 20.7 Å². The molecule has 5 heteroatoms. The Kier molecular flexibility index (Phi) is 6.87. The maximum absolute atomic E-state index is 11.6. The summed E-state index contributed by atoms with van der Waals surface area (Å²) in [5.41, 5.74) is 1.01. The standard InChI is InChI=1S/C15H24N2O3/c1-5-8-17-10-12-6-7-13(19-4)9-14(12)20-11(2)15(18)16-3/h6-7,9,11,17H,5,8,10H2,1-4H3,(H,16,18). The van der Waals surface area contributed by atoms with Gasteiger partial charge in [-0.1, -0.05) is 13.0 Å². The Bertz CT molecular complexity index is 435. The molecule has 0 aliphatic heterocycles. The van der Waals surface area contributed by atoms with Gasteiger partial charge in [-0.2, -0.15) is 0 Å². The number of rotatable bonds is 8. The van der Waals surface area contributed by atoms with Gasteiger partial charge in [-0.05, 0) is 26.0 Å². The highest BCUT2D eigenvalue weighted by molar-refractivity contribution is 5.80. The van der Waals surface area contributed by atoms with E-state index in [2.05, 4.69) is 17.6 Å². The summed E-state index contributed by atoms with van der Waals surface area (Å²) in [6, 6.07) is 5.65. The smallest absolute Gasteiger partial charge is 0.260 e. The van der Waals surface area contributed by atoms with Gasteiger partial charge >= 0.3 is 0 Å². The molecule has 1 aromatic rings. The second-order valence-electron chi connectivity index (χ2n) is 4.52. The summed E-state index contributed by atoms with van der Waals surface area (Å²) in [4.78, 5) is 11.6. The fraction of sp³-hybridized carbons (Fsp3) is 0.533. The molecule has 0 aliphatic carbocycles. The lowest BCUT2D eigenvalue weighted by molar-refractivity contribution is -0.126. The molecule has 2 N–H and O–H groups in total. The van der Waals surface area contributed by atoms with E-state index in [-0.39, 0.29) is 5.91 Å². The Labute approximate surface area is 120 Å². The van der Waals surface area contributed by atoms with E-state index in [4.69, 9.17) is 9.47 Å². The molecule has 0 radical (unpaired) electrons. The Morgan fingerprint density at radius 3 is 2.75 bits per heavy atom. The van der Waals surface area contributed by atoms with Gasteiger partial charge in [0.05, 0.1) is 7.11 Å². The fourth-order valence-corrected chi connectivity index (χ4v) is 1.76. The zero-order valence-electron chi connectivity index (χ0n) is 12.7. The van der Waals surface area contributed by atoms with Crippen LogP contribution in [0.5, 0.6) is 11.5 Å². The van der Waals surface area contributed by atoms with E-state index in [0.717, 1.165) is 18.5 Å². The Morgan fingerprint density at radius 1 is 1.40 bits per heavy atom. The van der Waals surface area contributed by atoms with Crippen molar-refractivity contribution >= 4 is 5.91 Å². The summed E-state index contributed by atoms with van der Waals surface area (Å²) < 4.78 is 10.9. The SMILES string of the molecule is CCCNCc1ccc(OC)cc1OC(C)C(=O)NC. The average molecular weight is 280 g/mol. The van der Waals surface area contributed by atoms with Gasteiger partial charge in [0.25, 0.3) is 5.91 Å².